The summed E-state index contributed by atoms with van der Waals surface area (Å²) in [7, 11) is -4.04. The van der Waals surface area contributed by atoms with Crippen LogP contribution >= 0.6 is 7.75 Å². The molecule has 0 saturated carbocycles. The second-order valence-corrected chi connectivity index (χ2v) is 12.4. The highest BCUT2D eigenvalue weighted by Gasteiger charge is 2.40. The lowest BCUT2D eigenvalue weighted by Gasteiger charge is -2.24. The van der Waals surface area contributed by atoms with Gasteiger partial charge in [0.05, 0.1) is 38.3 Å². The molecule has 45 heavy (non-hydrogen) atoms. The number of aliphatic hydroxyl groups excluding tert-OH is 2. The van der Waals surface area contributed by atoms with Crippen molar-refractivity contribution < 1.29 is 38.3 Å². The fourth-order valence-electron chi connectivity index (χ4n) is 4.97. The lowest BCUT2D eigenvalue weighted by molar-refractivity contribution is -0.459. The summed E-state index contributed by atoms with van der Waals surface area (Å²) in [5, 5.41) is 24.2. The van der Waals surface area contributed by atoms with E-state index in [4.69, 9.17) is 41.5 Å². The fourth-order valence-corrected chi connectivity index (χ4v) is 6.34. The van der Waals surface area contributed by atoms with Crippen LogP contribution in [-0.2, 0) is 23.1 Å². The summed E-state index contributed by atoms with van der Waals surface area (Å²) in [6.07, 6.45) is 0.341. The maximum atomic E-state index is 13.8. The van der Waals surface area contributed by atoms with E-state index < -0.39 is 50.3 Å². The molecule has 2 fully saturated rings. The summed E-state index contributed by atoms with van der Waals surface area (Å²) in [5.74, 6) is 0.361. The van der Waals surface area contributed by atoms with Crippen molar-refractivity contribution in [2.24, 2.45) is 11.5 Å². The van der Waals surface area contributed by atoms with E-state index in [-0.39, 0.29) is 50.2 Å². The lowest BCUT2D eigenvalue weighted by atomic mass is 10.2. The van der Waals surface area contributed by atoms with E-state index in [0.717, 1.165) is 0 Å². The molecule has 2 aliphatic heterocycles. The van der Waals surface area contributed by atoms with Gasteiger partial charge >= 0.3 is 19.4 Å². The number of nitrogens with zero attached hydrogens (tertiary/aromatic N) is 6. The molecule has 0 aliphatic carbocycles. The Morgan fingerprint density at radius 1 is 1.04 bits per heavy atom. The Morgan fingerprint density at radius 3 is 2.36 bits per heavy atom. The molecule has 246 valence electrons. The number of nitrogens with two attached hydrogens (primary N) is 4. The smallest absolute Gasteiger partial charge is 0.390 e. The van der Waals surface area contributed by atoms with Gasteiger partial charge in [-0.05, 0) is 18.9 Å². The third-order valence-corrected chi connectivity index (χ3v) is 8.91. The molecule has 0 bridgehead atoms. The molecule has 2 saturated heterocycles. The predicted octanol–water partition coefficient (Wildman–Crippen LogP) is -3.59. The van der Waals surface area contributed by atoms with Crippen LogP contribution in [0.25, 0.3) is 11.2 Å². The number of anilines is 2. The van der Waals surface area contributed by atoms with Gasteiger partial charge in [-0.1, -0.05) is 0 Å². The Balaban J connectivity index is 1.21. The molecule has 2 aliphatic rings. The Kier molecular flexibility index (Phi) is 10.2. The van der Waals surface area contributed by atoms with Crippen LogP contribution in [-0.4, -0.2) is 96.0 Å². The first kappa shape index (κ1) is 32.6. The van der Waals surface area contributed by atoms with Crippen LogP contribution in [0.3, 0.4) is 0 Å². The third-order valence-electron chi connectivity index (χ3n) is 7.32. The quantitative estimate of drug-likeness (QED) is 0.0361. The third kappa shape index (κ3) is 7.92. The average molecular weight is 654 g/mol. The van der Waals surface area contributed by atoms with Crippen molar-refractivity contribution in [1.82, 2.24) is 34.2 Å². The summed E-state index contributed by atoms with van der Waals surface area (Å²) >= 11 is 0. The van der Waals surface area contributed by atoms with Crippen molar-refractivity contribution >= 4 is 36.5 Å². The Labute approximate surface area is 256 Å². The van der Waals surface area contributed by atoms with Crippen molar-refractivity contribution in [1.29, 1.82) is 0 Å². The first-order valence-corrected chi connectivity index (χ1v) is 15.8. The molecule has 7 atom stereocenters. The minimum absolute atomic E-state index is 0.0546. The number of guanidine groups is 1. The van der Waals surface area contributed by atoms with Crippen LogP contribution in [0.5, 0.6) is 0 Å². The molecule has 20 nitrogen and oxygen atoms in total. The number of hydrogen-bond acceptors (Lipinski definition) is 14. The highest BCUT2D eigenvalue weighted by atomic mass is 31.2. The van der Waals surface area contributed by atoms with Gasteiger partial charge in [0, 0.05) is 25.6 Å². The van der Waals surface area contributed by atoms with Gasteiger partial charge in [-0.3, -0.25) is 34.6 Å². The van der Waals surface area contributed by atoms with E-state index >= 15 is 0 Å². The molecule has 0 aromatic carbocycles. The molecule has 3 aromatic heterocycles. The molecule has 0 spiro atoms. The van der Waals surface area contributed by atoms with Gasteiger partial charge in [0.15, 0.2) is 11.5 Å². The normalized spacial score (nSPS) is 26.3. The molecular weight excluding hydrogens is 615 g/mol. The average Bonchev–Trinajstić information content (AvgIpc) is 3.69. The van der Waals surface area contributed by atoms with Crippen molar-refractivity contribution in [2.75, 3.05) is 37.8 Å². The van der Waals surface area contributed by atoms with Gasteiger partial charge in [-0.25, -0.2) is 29.4 Å². The van der Waals surface area contributed by atoms with Crippen LogP contribution in [0.1, 0.15) is 38.1 Å². The van der Waals surface area contributed by atoms with E-state index in [0.29, 0.717) is 30.6 Å². The van der Waals surface area contributed by atoms with Gasteiger partial charge in [0.2, 0.25) is 0 Å². The Hall–Kier alpha value is -3.75. The Bertz CT molecular complexity index is 1600. The SMILES string of the molecule is NC(N)=[NH+]CCCCNP(=O)(OCC1OC(n2ccc(N)nc2=O)CC1O)OCC1OC(n2cnc3c(N)ncnc32)CC1O. The highest BCUT2D eigenvalue weighted by Crippen LogP contribution is 2.46. The predicted molar refractivity (Wildman–Crippen MR) is 158 cm³/mol. The van der Waals surface area contributed by atoms with E-state index in [1.54, 1.807) is 4.57 Å². The number of rotatable bonds is 14. The first-order chi connectivity index (χ1) is 21.5. The summed E-state index contributed by atoms with van der Waals surface area (Å²) in [4.78, 5) is 31.1. The summed E-state index contributed by atoms with van der Waals surface area (Å²) < 4.78 is 39.9. The van der Waals surface area contributed by atoms with Crippen molar-refractivity contribution in [3.8, 4) is 0 Å². The topological polar surface area (TPSA) is 303 Å². The van der Waals surface area contributed by atoms with Crippen LogP contribution in [0.4, 0.5) is 11.6 Å². The number of nitrogen functional groups attached to an aromatic ring is 2. The molecular formula is C24H38N12O8P+. The van der Waals surface area contributed by atoms with Gasteiger partial charge < -0.3 is 31.2 Å². The maximum absolute atomic E-state index is 13.8. The minimum Gasteiger partial charge on any atom is -0.390 e. The molecule has 0 amide bonds. The molecule has 7 unspecified atom stereocenters. The number of hydrogen-bond donors (Lipinski definition) is 8. The summed E-state index contributed by atoms with van der Waals surface area (Å²) in [6, 6.07) is 1.44. The minimum atomic E-state index is -4.04. The lowest BCUT2D eigenvalue weighted by Crippen LogP contribution is -2.78. The van der Waals surface area contributed by atoms with Crippen LogP contribution < -0.4 is 38.7 Å². The molecule has 5 rings (SSSR count). The number of fused-ring (bicyclic) bond motifs is 1. The van der Waals surface area contributed by atoms with E-state index in [2.05, 4.69) is 30.0 Å². The van der Waals surface area contributed by atoms with Crippen LogP contribution in [0.15, 0.2) is 29.7 Å². The van der Waals surface area contributed by atoms with E-state index in [1.165, 1.54) is 29.5 Å². The zero-order chi connectivity index (χ0) is 32.1. The van der Waals surface area contributed by atoms with Crippen LogP contribution in [0, 0.1) is 0 Å². The zero-order valence-electron chi connectivity index (χ0n) is 24.2. The number of imidazole rings is 1. The fraction of sp³-hybridized carbons (Fsp3) is 0.583. The van der Waals surface area contributed by atoms with Crippen molar-refractivity contribution in [3.63, 3.8) is 0 Å². The second-order valence-electron chi connectivity index (χ2n) is 10.6. The number of ether oxygens (including phenoxy) is 2. The second kappa shape index (κ2) is 14.1. The Morgan fingerprint density at radius 2 is 1.71 bits per heavy atom. The zero-order valence-corrected chi connectivity index (χ0v) is 25.1. The summed E-state index contributed by atoms with van der Waals surface area (Å²) in [6.45, 7) is 0.0979. The number of nitrogens with one attached hydrogen (secondary N) is 2. The van der Waals surface area contributed by atoms with Gasteiger partial charge in [-0.15, -0.1) is 0 Å². The molecule has 3 aromatic rings. The molecule has 21 heteroatoms. The largest absolute Gasteiger partial charge is 0.405 e. The number of unbranched alkanes of at least 4 members (excludes halogenated alkanes) is 1. The number of aliphatic hydroxyl groups is 2. The van der Waals surface area contributed by atoms with E-state index in [1.807, 2.05) is 0 Å². The first-order valence-electron chi connectivity index (χ1n) is 14.2. The van der Waals surface area contributed by atoms with Crippen LogP contribution in [0.2, 0.25) is 0 Å². The molecule has 5 heterocycles. The maximum Gasteiger partial charge on any atom is 0.405 e. The summed E-state index contributed by atoms with van der Waals surface area (Å²) in [5.41, 5.74) is 22.4. The van der Waals surface area contributed by atoms with Gasteiger partial charge in [-0.2, -0.15) is 4.98 Å². The van der Waals surface area contributed by atoms with Crippen molar-refractivity contribution in [3.05, 3.63) is 35.4 Å². The monoisotopic (exact) mass is 653 g/mol. The van der Waals surface area contributed by atoms with Gasteiger partial charge in [0.1, 0.15) is 42.3 Å². The molecule has 12 N–H and O–H groups in total. The van der Waals surface area contributed by atoms with E-state index in [9.17, 15) is 19.6 Å². The van der Waals surface area contributed by atoms with Gasteiger partial charge in [0.25, 0.3) is 0 Å². The number of aromatic nitrogens is 6. The molecule has 0 radical (unpaired) electrons. The standard InChI is InChI=1S/C24H37N12O8P/c25-17-3-6-35(24(39)34-17)18-7-13(37)15(43-18)9-41-45(40,33-5-2-1-4-29-23(27)28)42-10-16-14(38)8-19(44-16)36-12-32-20-21(26)30-11-31-22(20)36/h3,6,11-16,18-19,37-38H,1-2,4-5,7-10H2,(H,33,40)(H2,25,34,39)(H2,26,30,31)(H4,27,28,29)/p+1. The highest BCUT2D eigenvalue weighted by molar-refractivity contribution is 7.51. The van der Waals surface area contributed by atoms with Crippen molar-refractivity contribution in [2.45, 2.75) is 62.6 Å².